The molecule has 92 valence electrons. The Kier molecular flexibility index (Phi) is 3.58. The van der Waals surface area contributed by atoms with Crippen LogP contribution in [0, 0.1) is 5.92 Å². The molecule has 0 aliphatic carbocycles. The van der Waals surface area contributed by atoms with Crippen LogP contribution in [-0.4, -0.2) is 15.8 Å². The Morgan fingerprint density at radius 3 is 2.82 bits per heavy atom. The van der Waals surface area contributed by atoms with Gasteiger partial charge in [-0.2, -0.15) is 0 Å². The number of nitrogens with zero attached hydrogens (tertiary/aromatic N) is 1. The molecular weight excluding hydrogens is 252 g/mol. The Labute approximate surface area is 110 Å². The van der Waals surface area contributed by atoms with E-state index in [4.69, 9.17) is 0 Å². The number of amidine groups is 1. The minimum absolute atomic E-state index is 0.0717. The molecule has 0 saturated carbocycles. The van der Waals surface area contributed by atoms with Gasteiger partial charge in [-0.1, -0.05) is 31.7 Å². The van der Waals surface area contributed by atoms with Crippen molar-refractivity contribution in [1.29, 1.82) is 0 Å². The van der Waals surface area contributed by atoms with Crippen molar-refractivity contribution < 1.29 is 4.79 Å². The summed E-state index contributed by atoms with van der Waals surface area (Å²) in [6, 6.07) is 4.07. The van der Waals surface area contributed by atoms with Gasteiger partial charge in [0, 0.05) is 4.88 Å². The fraction of sp³-hybridized carbons (Fsp3) is 0.500. The molecule has 0 aromatic carbocycles. The van der Waals surface area contributed by atoms with E-state index in [0.717, 1.165) is 5.17 Å². The van der Waals surface area contributed by atoms with Crippen molar-refractivity contribution in [3.8, 4) is 0 Å². The maximum atomic E-state index is 11.9. The van der Waals surface area contributed by atoms with Crippen molar-refractivity contribution in [2.24, 2.45) is 10.9 Å². The number of amides is 1. The van der Waals surface area contributed by atoms with Gasteiger partial charge in [-0.25, -0.2) is 0 Å². The topological polar surface area (TPSA) is 41.5 Å². The van der Waals surface area contributed by atoms with Crippen LogP contribution in [0.2, 0.25) is 0 Å². The van der Waals surface area contributed by atoms with Crippen LogP contribution in [0.3, 0.4) is 0 Å². The monoisotopic (exact) mass is 268 g/mol. The van der Waals surface area contributed by atoms with E-state index in [1.165, 1.54) is 4.88 Å². The Morgan fingerprint density at radius 2 is 2.29 bits per heavy atom. The van der Waals surface area contributed by atoms with Crippen molar-refractivity contribution in [3.63, 3.8) is 0 Å². The largest absolute Gasteiger partial charge is 0.304 e. The van der Waals surface area contributed by atoms with E-state index in [2.05, 4.69) is 30.2 Å². The van der Waals surface area contributed by atoms with Gasteiger partial charge >= 0.3 is 0 Å². The molecule has 0 radical (unpaired) electrons. The summed E-state index contributed by atoms with van der Waals surface area (Å²) in [5.41, 5.74) is 0. The Hall–Kier alpha value is -0.810. The average molecular weight is 268 g/mol. The van der Waals surface area contributed by atoms with Gasteiger partial charge in [0.05, 0.1) is 6.54 Å². The lowest BCUT2D eigenvalue weighted by atomic mass is 9.96. The zero-order valence-corrected chi connectivity index (χ0v) is 11.8. The third-order valence-corrected chi connectivity index (χ3v) is 5.41. The number of carbonyl (C=O) groups excluding carboxylic acids is 1. The minimum atomic E-state index is -0.381. The molecule has 2 rings (SSSR count). The minimum Gasteiger partial charge on any atom is -0.304 e. The molecule has 1 fully saturated rings. The van der Waals surface area contributed by atoms with E-state index in [-0.39, 0.29) is 10.7 Å². The smallest absolute Gasteiger partial charge is 0.242 e. The number of hydrogen-bond acceptors (Lipinski definition) is 4. The Bertz CT molecular complexity index is 439. The van der Waals surface area contributed by atoms with Crippen LogP contribution in [0.25, 0.3) is 0 Å². The Balaban J connectivity index is 2.06. The van der Waals surface area contributed by atoms with Crippen molar-refractivity contribution in [1.82, 2.24) is 5.32 Å². The lowest BCUT2D eigenvalue weighted by molar-refractivity contribution is -0.122. The highest BCUT2D eigenvalue weighted by molar-refractivity contribution is 8.16. The fourth-order valence-corrected chi connectivity index (χ4v) is 3.18. The lowest BCUT2D eigenvalue weighted by Gasteiger charge is -2.22. The molecule has 0 spiro atoms. The zero-order chi connectivity index (χ0) is 12.5. The number of carbonyl (C=O) groups is 1. The summed E-state index contributed by atoms with van der Waals surface area (Å²) in [7, 11) is 0. The maximum Gasteiger partial charge on any atom is 0.242 e. The van der Waals surface area contributed by atoms with E-state index in [9.17, 15) is 4.79 Å². The zero-order valence-electron chi connectivity index (χ0n) is 10.2. The van der Waals surface area contributed by atoms with Crippen LogP contribution in [0.4, 0.5) is 0 Å². The third kappa shape index (κ3) is 2.55. The number of aliphatic imine (C=N–C) groups is 1. The van der Waals surface area contributed by atoms with Crippen LogP contribution in [0.15, 0.2) is 22.5 Å². The predicted molar refractivity (Wildman–Crippen MR) is 74.4 cm³/mol. The molecule has 0 unspecified atom stereocenters. The second-order valence-corrected chi connectivity index (χ2v) is 6.99. The van der Waals surface area contributed by atoms with Gasteiger partial charge < -0.3 is 5.32 Å². The van der Waals surface area contributed by atoms with E-state index in [1.54, 1.807) is 23.1 Å². The first kappa shape index (κ1) is 12.6. The molecule has 2 heterocycles. The highest BCUT2D eigenvalue weighted by atomic mass is 32.2. The predicted octanol–water partition coefficient (Wildman–Crippen LogP) is 2.88. The number of thioether (sulfide) groups is 1. The number of rotatable bonds is 3. The molecule has 1 atom stereocenters. The first-order valence-electron chi connectivity index (χ1n) is 5.59. The van der Waals surface area contributed by atoms with Gasteiger partial charge in [0.15, 0.2) is 5.17 Å². The number of hydrogen-bond donors (Lipinski definition) is 1. The number of thiophene rings is 1. The molecule has 1 N–H and O–H groups in total. The summed E-state index contributed by atoms with van der Waals surface area (Å²) >= 11 is 3.23. The van der Waals surface area contributed by atoms with E-state index >= 15 is 0 Å². The summed E-state index contributed by atoms with van der Waals surface area (Å²) in [6.45, 7) is 6.75. The lowest BCUT2D eigenvalue weighted by Crippen LogP contribution is -2.38. The molecule has 3 nitrogen and oxygen atoms in total. The van der Waals surface area contributed by atoms with Gasteiger partial charge in [-0.15, -0.1) is 11.3 Å². The van der Waals surface area contributed by atoms with Gasteiger partial charge in [-0.3, -0.25) is 9.79 Å². The SMILES string of the molecule is CC(C)[C@@]1(C)SC(=NCc2cccs2)NC1=O. The molecule has 1 aromatic rings. The maximum absolute atomic E-state index is 11.9. The highest BCUT2D eigenvalue weighted by Gasteiger charge is 2.44. The fourth-order valence-electron chi connectivity index (χ4n) is 1.50. The molecular formula is C12H16N2OS2. The van der Waals surface area contributed by atoms with Crippen molar-refractivity contribution in [2.75, 3.05) is 0 Å². The molecule has 1 aliphatic heterocycles. The second-order valence-electron chi connectivity index (χ2n) is 4.52. The Morgan fingerprint density at radius 1 is 1.53 bits per heavy atom. The third-order valence-electron chi connectivity index (χ3n) is 3.04. The van der Waals surface area contributed by atoms with Crippen LogP contribution >= 0.6 is 23.1 Å². The first-order valence-corrected chi connectivity index (χ1v) is 7.29. The molecule has 1 saturated heterocycles. The normalized spacial score (nSPS) is 26.8. The van der Waals surface area contributed by atoms with Gasteiger partial charge in [0.1, 0.15) is 4.75 Å². The van der Waals surface area contributed by atoms with Crippen LogP contribution < -0.4 is 5.32 Å². The van der Waals surface area contributed by atoms with Crippen LogP contribution in [-0.2, 0) is 11.3 Å². The summed E-state index contributed by atoms with van der Waals surface area (Å²) in [4.78, 5) is 17.6. The van der Waals surface area contributed by atoms with Crippen molar-refractivity contribution >= 4 is 34.2 Å². The van der Waals surface area contributed by atoms with E-state index in [0.29, 0.717) is 12.5 Å². The molecule has 1 aliphatic rings. The van der Waals surface area contributed by atoms with Gasteiger partial charge in [-0.05, 0) is 24.3 Å². The summed E-state index contributed by atoms with van der Waals surface area (Å²) in [5.74, 6) is 0.365. The standard InChI is InChI=1S/C12H16N2OS2/c1-8(2)12(3)10(15)14-11(17-12)13-7-9-5-4-6-16-9/h4-6,8H,7H2,1-3H3,(H,13,14,15)/t12-/m1/s1. The molecule has 17 heavy (non-hydrogen) atoms. The molecule has 1 aromatic heterocycles. The molecule has 5 heteroatoms. The summed E-state index contributed by atoms with van der Waals surface area (Å²) < 4.78 is -0.381. The van der Waals surface area contributed by atoms with E-state index in [1.807, 2.05) is 18.4 Å². The van der Waals surface area contributed by atoms with Crippen molar-refractivity contribution in [3.05, 3.63) is 22.4 Å². The average Bonchev–Trinajstić information content (AvgIpc) is 2.86. The molecule has 0 bridgehead atoms. The molecule has 1 amide bonds. The number of nitrogens with one attached hydrogen (secondary N) is 1. The van der Waals surface area contributed by atoms with E-state index < -0.39 is 0 Å². The van der Waals surface area contributed by atoms with Crippen molar-refractivity contribution in [2.45, 2.75) is 32.1 Å². The first-order chi connectivity index (χ1) is 8.02. The van der Waals surface area contributed by atoms with Crippen LogP contribution in [0.1, 0.15) is 25.6 Å². The summed E-state index contributed by atoms with van der Waals surface area (Å²) in [6.07, 6.45) is 0. The second kappa shape index (κ2) is 4.82. The van der Waals surface area contributed by atoms with Gasteiger partial charge in [0.25, 0.3) is 0 Å². The van der Waals surface area contributed by atoms with Crippen LogP contribution in [0.5, 0.6) is 0 Å². The highest BCUT2D eigenvalue weighted by Crippen LogP contribution is 2.38. The quantitative estimate of drug-likeness (QED) is 0.916. The summed E-state index contributed by atoms with van der Waals surface area (Å²) in [5, 5.41) is 5.65. The van der Waals surface area contributed by atoms with Gasteiger partial charge in [0.2, 0.25) is 5.91 Å².